The Hall–Kier alpha value is -2.55. The Labute approximate surface area is 132 Å². The van der Waals surface area contributed by atoms with Crippen molar-refractivity contribution in [3.63, 3.8) is 0 Å². The molecule has 0 saturated carbocycles. The zero-order valence-corrected chi connectivity index (χ0v) is 13.1. The number of carbonyl (C=O) groups is 1. The van der Waals surface area contributed by atoms with E-state index in [1.807, 2.05) is 6.92 Å². The summed E-state index contributed by atoms with van der Waals surface area (Å²) in [4.78, 5) is 13.5. The Bertz CT molecular complexity index is 655. The van der Waals surface area contributed by atoms with Crippen molar-refractivity contribution in [2.45, 2.75) is 19.9 Å². The minimum atomic E-state index is -0.332. The Morgan fingerprint density at radius 3 is 2.73 bits per heavy atom. The first-order valence-corrected chi connectivity index (χ1v) is 7.07. The molecule has 0 aliphatic heterocycles. The summed E-state index contributed by atoms with van der Waals surface area (Å²) in [6.07, 6.45) is 0.897. The quantitative estimate of drug-likeness (QED) is 0.800. The van der Waals surface area contributed by atoms with Gasteiger partial charge in [-0.3, -0.25) is 15.4 Å². The second-order valence-corrected chi connectivity index (χ2v) is 4.75. The molecule has 0 aliphatic carbocycles. The van der Waals surface area contributed by atoms with Crippen molar-refractivity contribution < 1.29 is 9.53 Å². The van der Waals surface area contributed by atoms with Gasteiger partial charge in [0.2, 0.25) is 0 Å². The van der Waals surface area contributed by atoms with Crippen molar-refractivity contribution in [3.8, 4) is 5.75 Å². The first kappa shape index (κ1) is 15.8. The average Bonchev–Trinajstić information content (AvgIpc) is 2.94. The minimum Gasteiger partial charge on any atom is -0.497 e. The SMILES string of the molecule is CCCn1nnc(NC(=S)NC(=O)c2ccc(OC)cc2)n1. The lowest BCUT2D eigenvalue weighted by Crippen LogP contribution is -2.34. The summed E-state index contributed by atoms with van der Waals surface area (Å²) in [6.45, 7) is 2.68. The third-order valence-corrected chi connectivity index (χ3v) is 2.89. The molecule has 0 spiro atoms. The molecular weight excluding hydrogens is 304 g/mol. The van der Waals surface area contributed by atoms with Crippen LogP contribution in [0.25, 0.3) is 0 Å². The van der Waals surface area contributed by atoms with Gasteiger partial charge in [0.05, 0.1) is 13.7 Å². The molecule has 2 aromatic rings. The number of anilines is 1. The van der Waals surface area contributed by atoms with E-state index in [0.29, 0.717) is 17.9 Å². The van der Waals surface area contributed by atoms with E-state index in [1.165, 1.54) is 4.80 Å². The van der Waals surface area contributed by atoms with Gasteiger partial charge in [0.1, 0.15) is 5.75 Å². The fourth-order valence-corrected chi connectivity index (χ4v) is 1.82. The molecule has 0 fully saturated rings. The van der Waals surface area contributed by atoms with Gasteiger partial charge < -0.3 is 4.74 Å². The third kappa shape index (κ3) is 4.22. The number of amides is 1. The molecule has 0 radical (unpaired) electrons. The van der Waals surface area contributed by atoms with Crippen LogP contribution in [0.4, 0.5) is 5.95 Å². The fourth-order valence-electron chi connectivity index (χ4n) is 1.64. The van der Waals surface area contributed by atoms with Gasteiger partial charge >= 0.3 is 0 Å². The number of thiocarbonyl (C=S) groups is 1. The number of benzene rings is 1. The molecular formula is C13H16N6O2S. The van der Waals surface area contributed by atoms with E-state index in [4.69, 9.17) is 17.0 Å². The number of methoxy groups -OCH3 is 1. The van der Waals surface area contributed by atoms with Crippen molar-refractivity contribution in [1.29, 1.82) is 0 Å². The molecule has 1 aromatic heterocycles. The van der Waals surface area contributed by atoms with Crippen LogP contribution in [-0.4, -0.2) is 38.3 Å². The molecule has 0 atom stereocenters. The van der Waals surface area contributed by atoms with E-state index >= 15 is 0 Å². The largest absolute Gasteiger partial charge is 0.497 e. The van der Waals surface area contributed by atoms with Crippen LogP contribution in [0.3, 0.4) is 0 Å². The van der Waals surface area contributed by atoms with Gasteiger partial charge in [-0.1, -0.05) is 12.0 Å². The third-order valence-electron chi connectivity index (χ3n) is 2.68. The van der Waals surface area contributed by atoms with Crippen LogP contribution in [0, 0.1) is 0 Å². The number of hydrogen-bond donors (Lipinski definition) is 2. The summed E-state index contributed by atoms with van der Waals surface area (Å²) >= 11 is 5.05. The van der Waals surface area contributed by atoms with Crippen LogP contribution in [0.5, 0.6) is 5.75 Å². The first-order valence-electron chi connectivity index (χ1n) is 6.66. The predicted octanol–water partition coefficient (Wildman–Crippen LogP) is 1.22. The second kappa shape index (κ2) is 7.46. The number of tetrazole rings is 1. The molecule has 0 saturated heterocycles. The van der Waals surface area contributed by atoms with Crippen LogP contribution in [0.2, 0.25) is 0 Å². The lowest BCUT2D eigenvalue weighted by molar-refractivity contribution is 0.0977. The zero-order chi connectivity index (χ0) is 15.9. The summed E-state index contributed by atoms with van der Waals surface area (Å²) < 4.78 is 5.04. The highest BCUT2D eigenvalue weighted by Gasteiger charge is 2.10. The monoisotopic (exact) mass is 320 g/mol. The van der Waals surface area contributed by atoms with Gasteiger partial charge in [-0.2, -0.15) is 4.80 Å². The Morgan fingerprint density at radius 2 is 2.09 bits per heavy atom. The van der Waals surface area contributed by atoms with Crippen LogP contribution >= 0.6 is 12.2 Å². The molecule has 1 amide bonds. The number of nitrogens with zero attached hydrogens (tertiary/aromatic N) is 4. The van der Waals surface area contributed by atoms with Crippen molar-refractivity contribution in [2.24, 2.45) is 0 Å². The maximum atomic E-state index is 12.0. The lowest BCUT2D eigenvalue weighted by atomic mass is 10.2. The van der Waals surface area contributed by atoms with Gasteiger partial charge in [0.25, 0.3) is 11.9 Å². The Balaban J connectivity index is 1.91. The number of nitrogens with one attached hydrogen (secondary N) is 2. The molecule has 0 bridgehead atoms. The number of rotatable bonds is 5. The highest BCUT2D eigenvalue weighted by atomic mass is 32.1. The number of hydrogen-bond acceptors (Lipinski definition) is 6. The van der Waals surface area contributed by atoms with Crippen LogP contribution in [0.1, 0.15) is 23.7 Å². The molecule has 2 N–H and O–H groups in total. The number of aromatic nitrogens is 4. The maximum Gasteiger partial charge on any atom is 0.269 e. The topological polar surface area (TPSA) is 94.0 Å². The van der Waals surface area contributed by atoms with Gasteiger partial charge in [0, 0.05) is 5.56 Å². The molecule has 116 valence electrons. The maximum absolute atomic E-state index is 12.0. The predicted molar refractivity (Wildman–Crippen MR) is 84.8 cm³/mol. The molecule has 2 rings (SSSR count). The van der Waals surface area contributed by atoms with Crippen LogP contribution < -0.4 is 15.4 Å². The van der Waals surface area contributed by atoms with Gasteiger partial charge in [-0.25, -0.2) is 0 Å². The van der Waals surface area contributed by atoms with Crippen molar-refractivity contribution >= 4 is 29.2 Å². The fraction of sp³-hybridized carbons (Fsp3) is 0.308. The molecule has 0 unspecified atom stereocenters. The van der Waals surface area contributed by atoms with E-state index in [-0.39, 0.29) is 17.0 Å². The van der Waals surface area contributed by atoms with E-state index in [9.17, 15) is 4.79 Å². The molecule has 22 heavy (non-hydrogen) atoms. The normalized spacial score (nSPS) is 10.1. The molecule has 1 aromatic carbocycles. The van der Waals surface area contributed by atoms with E-state index < -0.39 is 0 Å². The standard InChI is InChI=1S/C13H16N6O2S/c1-3-8-19-17-12(16-18-19)15-13(22)14-11(20)9-4-6-10(21-2)7-5-9/h4-7H,3,8H2,1-2H3,(H2,14,15,17,20,22). The van der Waals surface area contributed by atoms with E-state index in [2.05, 4.69) is 26.0 Å². The second-order valence-electron chi connectivity index (χ2n) is 4.35. The summed E-state index contributed by atoms with van der Waals surface area (Å²) in [6, 6.07) is 6.69. The zero-order valence-electron chi connectivity index (χ0n) is 12.2. The number of ether oxygens (including phenoxy) is 1. The van der Waals surface area contributed by atoms with E-state index in [1.54, 1.807) is 31.4 Å². The Kier molecular flexibility index (Phi) is 5.37. The summed E-state index contributed by atoms with van der Waals surface area (Å²) in [5.41, 5.74) is 0.465. The smallest absolute Gasteiger partial charge is 0.269 e. The van der Waals surface area contributed by atoms with Crippen molar-refractivity contribution in [3.05, 3.63) is 29.8 Å². The van der Waals surface area contributed by atoms with Gasteiger partial charge in [0.15, 0.2) is 5.11 Å². The van der Waals surface area contributed by atoms with Crippen molar-refractivity contribution in [1.82, 2.24) is 25.5 Å². The van der Waals surface area contributed by atoms with E-state index in [0.717, 1.165) is 6.42 Å². The summed E-state index contributed by atoms with van der Waals surface area (Å²) in [7, 11) is 1.56. The molecule has 9 heteroatoms. The van der Waals surface area contributed by atoms with Crippen LogP contribution in [0.15, 0.2) is 24.3 Å². The van der Waals surface area contributed by atoms with Gasteiger partial charge in [-0.05, 0) is 48.1 Å². The highest BCUT2D eigenvalue weighted by molar-refractivity contribution is 7.80. The molecule has 0 aliphatic rings. The average molecular weight is 320 g/mol. The number of aryl methyl sites for hydroxylation is 1. The molecule has 8 nitrogen and oxygen atoms in total. The minimum absolute atomic E-state index is 0.108. The highest BCUT2D eigenvalue weighted by Crippen LogP contribution is 2.11. The Morgan fingerprint density at radius 1 is 1.36 bits per heavy atom. The number of carbonyl (C=O) groups excluding carboxylic acids is 1. The summed E-state index contributed by atoms with van der Waals surface area (Å²) in [5, 5.41) is 17.1. The molecule has 1 heterocycles. The first-order chi connectivity index (χ1) is 10.6. The van der Waals surface area contributed by atoms with Crippen molar-refractivity contribution in [2.75, 3.05) is 12.4 Å². The van der Waals surface area contributed by atoms with Crippen LogP contribution in [-0.2, 0) is 6.54 Å². The van der Waals surface area contributed by atoms with Gasteiger partial charge in [-0.15, -0.1) is 5.10 Å². The summed E-state index contributed by atoms with van der Waals surface area (Å²) in [5.74, 6) is 0.587. The lowest BCUT2D eigenvalue weighted by Gasteiger charge is -2.07.